The van der Waals surface area contributed by atoms with Crippen LogP contribution in [0.3, 0.4) is 0 Å². The number of benzene rings is 2. The fourth-order valence-electron chi connectivity index (χ4n) is 5.24. The number of piperazine rings is 1. The van der Waals surface area contributed by atoms with E-state index in [-0.39, 0.29) is 12.0 Å². The van der Waals surface area contributed by atoms with Crippen molar-refractivity contribution in [2.45, 2.75) is 18.8 Å². The van der Waals surface area contributed by atoms with Crippen LogP contribution in [0.1, 0.15) is 29.9 Å². The molecule has 2 aliphatic heterocycles. The van der Waals surface area contributed by atoms with Crippen LogP contribution >= 0.6 is 0 Å². The Balaban J connectivity index is 1.15. The van der Waals surface area contributed by atoms with Crippen LogP contribution in [0.25, 0.3) is 11.1 Å². The number of fused-ring (bicyclic) bond motifs is 3. The molecular weight excluding hydrogens is 374 g/mol. The molecular formula is C25H31N3O2. The zero-order valence-electron chi connectivity index (χ0n) is 17.6. The molecule has 3 aliphatic rings. The number of rotatable bonds is 4. The second-order valence-electron chi connectivity index (χ2n) is 8.79. The summed E-state index contributed by atoms with van der Waals surface area (Å²) >= 11 is 0. The summed E-state index contributed by atoms with van der Waals surface area (Å²) in [6.07, 6.45) is 2.00. The molecule has 1 amide bonds. The largest absolute Gasteiger partial charge is 0.448 e. The molecule has 5 rings (SSSR count). The maximum absolute atomic E-state index is 12.8. The molecule has 0 saturated carbocycles. The minimum atomic E-state index is -0.155. The Bertz CT molecular complexity index is 840. The number of carbonyl (C=O) groups is 1. The summed E-state index contributed by atoms with van der Waals surface area (Å²) in [5.41, 5.74) is 5.06. The van der Waals surface area contributed by atoms with E-state index in [9.17, 15) is 4.79 Å². The molecule has 5 heteroatoms. The van der Waals surface area contributed by atoms with Crippen molar-refractivity contribution in [2.75, 3.05) is 52.4 Å². The molecule has 2 aromatic rings. The summed E-state index contributed by atoms with van der Waals surface area (Å²) in [6, 6.07) is 17.0. The third kappa shape index (κ3) is 3.96. The van der Waals surface area contributed by atoms with E-state index in [0.29, 0.717) is 12.5 Å². The second kappa shape index (κ2) is 8.78. The van der Waals surface area contributed by atoms with Gasteiger partial charge in [-0.15, -0.1) is 0 Å². The van der Waals surface area contributed by atoms with Crippen molar-refractivity contribution in [3.8, 4) is 11.1 Å². The van der Waals surface area contributed by atoms with Gasteiger partial charge in [-0.1, -0.05) is 48.5 Å². The minimum absolute atomic E-state index is 0.131. The summed E-state index contributed by atoms with van der Waals surface area (Å²) in [4.78, 5) is 17.2. The number of piperidine rings is 1. The number of ether oxygens (including phenoxy) is 1. The first-order valence-electron chi connectivity index (χ1n) is 11.3. The molecule has 2 fully saturated rings. The van der Waals surface area contributed by atoms with Crippen molar-refractivity contribution < 1.29 is 9.53 Å². The topological polar surface area (TPSA) is 44.8 Å². The summed E-state index contributed by atoms with van der Waals surface area (Å²) in [6.45, 7) is 7.69. The molecule has 2 heterocycles. The number of nitrogens with one attached hydrogen (secondary N) is 1. The standard InChI is InChI=1S/C25H31N3O2/c29-25(28-13-9-19(10-14-28)17-27-15-11-26-12-16-27)30-18-24-22-7-3-1-5-20(22)21-6-2-4-8-23(21)24/h1-8,19,24,26H,9-18H2. The van der Waals surface area contributed by atoms with Gasteiger partial charge in [0.1, 0.15) is 6.61 Å². The average molecular weight is 406 g/mol. The SMILES string of the molecule is O=C(OCC1c2ccccc2-c2ccccc21)N1CCC(CN2CCNCC2)CC1. The van der Waals surface area contributed by atoms with Crippen LogP contribution < -0.4 is 5.32 Å². The number of hydrogen-bond donors (Lipinski definition) is 1. The van der Waals surface area contributed by atoms with Gasteiger partial charge in [-0.3, -0.25) is 0 Å². The Morgan fingerprint density at radius 2 is 1.50 bits per heavy atom. The van der Waals surface area contributed by atoms with E-state index >= 15 is 0 Å². The van der Waals surface area contributed by atoms with Crippen LogP contribution in [0.2, 0.25) is 0 Å². The maximum atomic E-state index is 12.8. The molecule has 30 heavy (non-hydrogen) atoms. The van der Waals surface area contributed by atoms with Gasteiger partial charge in [0, 0.05) is 51.7 Å². The van der Waals surface area contributed by atoms with Gasteiger partial charge in [-0.05, 0) is 41.0 Å². The molecule has 158 valence electrons. The van der Waals surface area contributed by atoms with Gasteiger partial charge in [0.2, 0.25) is 0 Å². The molecule has 0 aromatic heterocycles. The van der Waals surface area contributed by atoms with Gasteiger partial charge < -0.3 is 19.9 Å². The van der Waals surface area contributed by atoms with E-state index in [0.717, 1.165) is 52.1 Å². The molecule has 0 radical (unpaired) electrons. The van der Waals surface area contributed by atoms with Crippen LogP contribution in [-0.4, -0.2) is 68.3 Å². The highest BCUT2D eigenvalue weighted by molar-refractivity contribution is 5.79. The highest BCUT2D eigenvalue weighted by atomic mass is 16.6. The molecule has 0 atom stereocenters. The molecule has 0 spiro atoms. The monoisotopic (exact) mass is 405 g/mol. The highest BCUT2D eigenvalue weighted by Crippen LogP contribution is 2.44. The normalized spacial score (nSPS) is 20.1. The third-order valence-electron chi connectivity index (χ3n) is 6.93. The first-order valence-corrected chi connectivity index (χ1v) is 11.3. The average Bonchev–Trinajstić information content (AvgIpc) is 3.12. The fourth-order valence-corrected chi connectivity index (χ4v) is 5.24. The van der Waals surface area contributed by atoms with Crippen molar-refractivity contribution in [3.63, 3.8) is 0 Å². The molecule has 2 aromatic carbocycles. The second-order valence-corrected chi connectivity index (χ2v) is 8.79. The molecule has 5 nitrogen and oxygen atoms in total. The Morgan fingerprint density at radius 1 is 0.900 bits per heavy atom. The number of amides is 1. The highest BCUT2D eigenvalue weighted by Gasteiger charge is 2.31. The summed E-state index contributed by atoms with van der Waals surface area (Å²) in [5.74, 6) is 0.826. The Labute approximate surface area is 179 Å². The van der Waals surface area contributed by atoms with Crippen molar-refractivity contribution in [1.82, 2.24) is 15.1 Å². The molecule has 1 aliphatic carbocycles. The summed E-state index contributed by atoms with van der Waals surface area (Å²) in [5, 5.41) is 3.41. The number of carbonyl (C=O) groups excluding carboxylic acids is 1. The van der Waals surface area contributed by atoms with E-state index in [1.807, 2.05) is 4.90 Å². The van der Waals surface area contributed by atoms with Crippen LogP contribution in [0, 0.1) is 5.92 Å². The fraction of sp³-hybridized carbons (Fsp3) is 0.480. The van der Waals surface area contributed by atoms with Crippen LogP contribution in [-0.2, 0) is 4.74 Å². The van der Waals surface area contributed by atoms with Gasteiger partial charge in [0.05, 0.1) is 0 Å². The van der Waals surface area contributed by atoms with Crippen molar-refractivity contribution in [1.29, 1.82) is 0 Å². The van der Waals surface area contributed by atoms with E-state index in [2.05, 4.69) is 58.7 Å². The van der Waals surface area contributed by atoms with Gasteiger partial charge in [-0.25, -0.2) is 4.79 Å². The number of hydrogen-bond acceptors (Lipinski definition) is 4. The van der Waals surface area contributed by atoms with E-state index in [4.69, 9.17) is 4.74 Å². The smallest absolute Gasteiger partial charge is 0.409 e. The summed E-state index contributed by atoms with van der Waals surface area (Å²) in [7, 11) is 0. The molecule has 1 N–H and O–H groups in total. The van der Waals surface area contributed by atoms with Gasteiger partial charge in [-0.2, -0.15) is 0 Å². The maximum Gasteiger partial charge on any atom is 0.409 e. The van der Waals surface area contributed by atoms with Gasteiger partial charge in [0.25, 0.3) is 0 Å². The van der Waals surface area contributed by atoms with Crippen molar-refractivity contribution in [3.05, 3.63) is 59.7 Å². The predicted octanol–water partition coefficient (Wildman–Crippen LogP) is 3.55. The lowest BCUT2D eigenvalue weighted by Crippen LogP contribution is -2.47. The number of nitrogens with zero attached hydrogens (tertiary/aromatic N) is 2. The lowest BCUT2D eigenvalue weighted by atomic mass is 9.96. The van der Waals surface area contributed by atoms with Gasteiger partial charge >= 0.3 is 6.09 Å². The quantitative estimate of drug-likeness (QED) is 0.845. The zero-order chi connectivity index (χ0) is 20.3. The lowest BCUT2D eigenvalue weighted by Gasteiger charge is -2.36. The Hall–Kier alpha value is -2.37. The first-order chi connectivity index (χ1) is 14.8. The van der Waals surface area contributed by atoms with Crippen molar-refractivity contribution in [2.24, 2.45) is 5.92 Å². The van der Waals surface area contributed by atoms with E-state index in [1.165, 1.54) is 28.8 Å². The van der Waals surface area contributed by atoms with Crippen LogP contribution in [0.5, 0.6) is 0 Å². The summed E-state index contributed by atoms with van der Waals surface area (Å²) < 4.78 is 5.83. The lowest BCUT2D eigenvalue weighted by molar-refractivity contribution is 0.0792. The van der Waals surface area contributed by atoms with E-state index < -0.39 is 0 Å². The van der Waals surface area contributed by atoms with Crippen LogP contribution in [0.15, 0.2) is 48.5 Å². The van der Waals surface area contributed by atoms with Crippen LogP contribution in [0.4, 0.5) is 4.79 Å². The molecule has 2 saturated heterocycles. The number of likely N-dealkylation sites (tertiary alicyclic amines) is 1. The molecule has 0 bridgehead atoms. The predicted molar refractivity (Wildman–Crippen MR) is 119 cm³/mol. The molecule has 0 unspecified atom stereocenters. The minimum Gasteiger partial charge on any atom is -0.448 e. The Morgan fingerprint density at radius 3 is 2.13 bits per heavy atom. The Kier molecular flexibility index (Phi) is 5.73. The van der Waals surface area contributed by atoms with Gasteiger partial charge in [0.15, 0.2) is 0 Å². The third-order valence-corrected chi connectivity index (χ3v) is 6.93. The zero-order valence-corrected chi connectivity index (χ0v) is 17.6. The van der Waals surface area contributed by atoms with Crippen molar-refractivity contribution >= 4 is 6.09 Å². The van der Waals surface area contributed by atoms with E-state index in [1.54, 1.807) is 0 Å². The first kappa shape index (κ1) is 19.6.